The lowest BCUT2D eigenvalue weighted by atomic mass is 9.80. The second-order valence-corrected chi connectivity index (χ2v) is 6.91. The second kappa shape index (κ2) is 5.09. The Bertz CT molecular complexity index is 640. The van der Waals surface area contributed by atoms with Crippen molar-refractivity contribution in [3.8, 4) is 11.1 Å². The highest BCUT2D eigenvalue weighted by Crippen LogP contribution is 2.34. The summed E-state index contributed by atoms with van der Waals surface area (Å²) in [6.45, 7) is 15.8. The highest BCUT2D eigenvalue weighted by molar-refractivity contribution is 5.73. The molecular weight excluding hydrogens is 240 g/mol. The molecule has 0 unspecified atom stereocenters. The molecule has 0 saturated carbocycles. The van der Waals surface area contributed by atoms with Crippen molar-refractivity contribution < 1.29 is 0 Å². The van der Waals surface area contributed by atoms with Crippen molar-refractivity contribution in [1.82, 2.24) is 0 Å². The zero-order valence-corrected chi connectivity index (χ0v) is 13.9. The van der Waals surface area contributed by atoms with Crippen LogP contribution in [0.5, 0.6) is 0 Å². The van der Waals surface area contributed by atoms with Crippen molar-refractivity contribution >= 4 is 0 Å². The van der Waals surface area contributed by atoms with Gasteiger partial charge in [0.1, 0.15) is 0 Å². The van der Waals surface area contributed by atoms with Gasteiger partial charge in [0.25, 0.3) is 0 Å². The summed E-state index contributed by atoms with van der Waals surface area (Å²) in [5, 5.41) is 0. The maximum Gasteiger partial charge on any atom is -0.0129 e. The van der Waals surface area contributed by atoms with Gasteiger partial charge in [-0.1, -0.05) is 51.1 Å². The molecular formula is C20H26. The van der Waals surface area contributed by atoms with E-state index < -0.39 is 0 Å². The summed E-state index contributed by atoms with van der Waals surface area (Å²) >= 11 is 0. The van der Waals surface area contributed by atoms with E-state index >= 15 is 0 Å². The largest absolute Gasteiger partial charge is 0.0614 e. The van der Waals surface area contributed by atoms with Gasteiger partial charge >= 0.3 is 0 Å². The number of hydrogen-bond acceptors (Lipinski definition) is 0. The van der Waals surface area contributed by atoms with Crippen molar-refractivity contribution in [1.29, 1.82) is 0 Å². The maximum atomic E-state index is 2.30. The lowest BCUT2D eigenvalue weighted by molar-refractivity contribution is 0.585. The van der Waals surface area contributed by atoms with Gasteiger partial charge in [0.05, 0.1) is 0 Å². The molecule has 0 radical (unpaired) electrons. The van der Waals surface area contributed by atoms with Gasteiger partial charge in [-0.25, -0.2) is 0 Å². The predicted octanol–water partition coefficient (Wildman–Crippen LogP) is 5.88. The molecule has 0 fully saturated rings. The van der Waals surface area contributed by atoms with Gasteiger partial charge in [-0.3, -0.25) is 0 Å². The van der Waals surface area contributed by atoms with E-state index in [1.165, 1.54) is 38.9 Å². The Labute approximate surface area is 123 Å². The lowest BCUT2D eigenvalue weighted by Crippen LogP contribution is -2.14. The van der Waals surface area contributed by atoms with Gasteiger partial charge in [-0.2, -0.15) is 0 Å². The van der Waals surface area contributed by atoms with E-state index in [9.17, 15) is 0 Å². The number of aryl methyl sites for hydroxylation is 1. The Morgan fingerprint density at radius 1 is 0.650 bits per heavy atom. The lowest BCUT2D eigenvalue weighted by Gasteiger charge is -2.24. The molecule has 0 aromatic heterocycles. The van der Waals surface area contributed by atoms with Crippen LogP contribution in [0.3, 0.4) is 0 Å². The molecule has 106 valence electrons. The van der Waals surface area contributed by atoms with Crippen molar-refractivity contribution in [2.24, 2.45) is 0 Å². The Morgan fingerprint density at radius 2 is 1.25 bits per heavy atom. The van der Waals surface area contributed by atoms with E-state index in [4.69, 9.17) is 0 Å². The normalized spacial score (nSPS) is 11.8. The molecule has 0 heterocycles. The van der Waals surface area contributed by atoms with Crippen LogP contribution in [0.2, 0.25) is 0 Å². The van der Waals surface area contributed by atoms with E-state index in [2.05, 4.69) is 78.8 Å². The fourth-order valence-electron chi connectivity index (χ4n) is 2.97. The van der Waals surface area contributed by atoms with Crippen LogP contribution < -0.4 is 0 Å². The Kier molecular flexibility index (Phi) is 3.77. The first-order valence-corrected chi connectivity index (χ1v) is 7.40. The third-order valence-electron chi connectivity index (χ3n) is 4.49. The van der Waals surface area contributed by atoms with Crippen molar-refractivity contribution in [3.05, 3.63) is 58.1 Å². The van der Waals surface area contributed by atoms with Crippen LogP contribution in [-0.2, 0) is 5.41 Å². The molecule has 0 aliphatic heterocycles. The first kappa shape index (κ1) is 14.8. The molecule has 0 bridgehead atoms. The van der Waals surface area contributed by atoms with Crippen LogP contribution in [0.4, 0.5) is 0 Å². The van der Waals surface area contributed by atoms with Crippen LogP contribution in [0.25, 0.3) is 11.1 Å². The molecule has 0 heteroatoms. The fraction of sp³-hybridized carbons (Fsp3) is 0.400. The molecule has 0 nitrogen and oxygen atoms in total. The summed E-state index contributed by atoms with van der Waals surface area (Å²) in [5.74, 6) is 0. The number of hydrogen-bond donors (Lipinski definition) is 0. The molecule has 2 aromatic carbocycles. The van der Waals surface area contributed by atoms with E-state index in [1.54, 1.807) is 0 Å². The van der Waals surface area contributed by atoms with Gasteiger partial charge in [-0.05, 0) is 72.1 Å². The zero-order valence-electron chi connectivity index (χ0n) is 13.9. The molecule has 2 rings (SSSR count). The molecule has 0 amide bonds. The average Bonchev–Trinajstić information content (AvgIpc) is 2.35. The molecule has 0 spiro atoms. The van der Waals surface area contributed by atoms with Crippen LogP contribution >= 0.6 is 0 Å². The van der Waals surface area contributed by atoms with Gasteiger partial charge in [0.15, 0.2) is 0 Å². The summed E-state index contributed by atoms with van der Waals surface area (Å²) in [6, 6.07) is 11.2. The minimum Gasteiger partial charge on any atom is -0.0614 e. The zero-order chi connectivity index (χ0) is 15.1. The standard InChI is InChI=1S/C20H26/c1-13-9-8-10-17(14(13)2)18-11-12-19(20(5,6)7)16(4)15(18)3/h8-12H,1-7H3. The molecule has 0 aliphatic rings. The highest BCUT2D eigenvalue weighted by Gasteiger charge is 2.19. The van der Waals surface area contributed by atoms with Crippen LogP contribution in [0.1, 0.15) is 48.6 Å². The first-order chi connectivity index (χ1) is 9.23. The summed E-state index contributed by atoms with van der Waals surface area (Å²) in [4.78, 5) is 0. The molecule has 0 saturated heterocycles. The summed E-state index contributed by atoms with van der Waals surface area (Å²) in [6.07, 6.45) is 0. The van der Waals surface area contributed by atoms with Crippen molar-refractivity contribution in [2.75, 3.05) is 0 Å². The van der Waals surface area contributed by atoms with E-state index in [-0.39, 0.29) is 5.41 Å². The summed E-state index contributed by atoms with van der Waals surface area (Å²) in [7, 11) is 0. The van der Waals surface area contributed by atoms with E-state index in [0.717, 1.165) is 0 Å². The molecule has 2 aromatic rings. The quantitative estimate of drug-likeness (QED) is 0.604. The Balaban J connectivity index is 2.66. The smallest absolute Gasteiger partial charge is 0.0129 e. The minimum absolute atomic E-state index is 0.203. The van der Waals surface area contributed by atoms with Gasteiger partial charge in [-0.15, -0.1) is 0 Å². The van der Waals surface area contributed by atoms with Crippen LogP contribution in [-0.4, -0.2) is 0 Å². The number of rotatable bonds is 1. The molecule has 0 atom stereocenters. The predicted molar refractivity (Wildman–Crippen MR) is 89.5 cm³/mol. The summed E-state index contributed by atoms with van der Waals surface area (Å²) < 4.78 is 0. The first-order valence-electron chi connectivity index (χ1n) is 7.40. The second-order valence-electron chi connectivity index (χ2n) is 6.91. The van der Waals surface area contributed by atoms with Crippen LogP contribution in [0.15, 0.2) is 30.3 Å². The van der Waals surface area contributed by atoms with E-state index in [0.29, 0.717) is 0 Å². The van der Waals surface area contributed by atoms with Gasteiger partial charge < -0.3 is 0 Å². The molecule has 0 N–H and O–H groups in total. The minimum atomic E-state index is 0.203. The fourth-order valence-corrected chi connectivity index (χ4v) is 2.97. The highest BCUT2D eigenvalue weighted by atomic mass is 14.2. The topological polar surface area (TPSA) is 0 Å². The Hall–Kier alpha value is -1.56. The maximum absolute atomic E-state index is 2.30. The molecule has 0 aliphatic carbocycles. The van der Waals surface area contributed by atoms with E-state index in [1.807, 2.05) is 0 Å². The van der Waals surface area contributed by atoms with Gasteiger partial charge in [0.2, 0.25) is 0 Å². The van der Waals surface area contributed by atoms with Gasteiger partial charge in [0, 0.05) is 0 Å². The Morgan fingerprint density at radius 3 is 1.85 bits per heavy atom. The van der Waals surface area contributed by atoms with Crippen molar-refractivity contribution in [2.45, 2.75) is 53.9 Å². The summed E-state index contributed by atoms with van der Waals surface area (Å²) in [5.41, 5.74) is 9.97. The van der Waals surface area contributed by atoms with Crippen LogP contribution in [0, 0.1) is 27.7 Å². The third kappa shape index (κ3) is 2.52. The monoisotopic (exact) mass is 266 g/mol. The van der Waals surface area contributed by atoms with Crippen molar-refractivity contribution in [3.63, 3.8) is 0 Å². The molecule has 20 heavy (non-hydrogen) atoms. The SMILES string of the molecule is Cc1cccc(-c2ccc(C(C)(C)C)c(C)c2C)c1C. The average molecular weight is 266 g/mol. The number of benzene rings is 2. The third-order valence-corrected chi connectivity index (χ3v) is 4.49.